The molecule has 0 aromatic heterocycles. The summed E-state index contributed by atoms with van der Waals surface area (Å²) < 4.78 is 5.31. The van der Waals surface area contributed by atoms with E-state index in [0.717, 1.165) is 38.2 Å². The molecule has 0 aliphatic carbocycles. The molecular weight excluding hydrogens is 252 g/mol. The normalized spacial score (nSPS) is 21.2. The van der Waals surface area contributed by atoms with Gasteiger partial charge in [-0.1, -0.05) is 0 Å². The summed E-state index contributed by atoms with van der Waals surface area (Å²) in [6.07, 6.45) is 2.62. The van der Waals surface area contributed by atoms with E-state index in [0.29, 0.717) is 6.04 Å². The van der Waals surface area contributed by atoms with E-state index in [4.69, 9.17) is 4.74 Å². The van der Waals surface area contributed by atoms with Crippen LogP contribution in [0.15, 0.2) is 4.99 Å². The van der Waals surface area contributed by atoms with Crippen LogP contribution in [-0.4, -0.2) is 63.3 Å². The van der Waals surface area contributed by atoms with E-state index in [1.54, 1.807) is 0 Å². The molecule has 0 amide bonds. The maximum Gasteiger partial charge on any atom is 0.191 e. The van der Waals surface area contributed by atoms with Gasteiger partial charge in [-0.3, -0.25) is 4.99 Å². The van der Waals surface area contributed by atoms with Gasteiger partial charge in [-0.2, -0.15) is 0 Å². The molecule has 1 atom stereocenters. The summed E-state index contributed by atoms with van der Waals surface area (Å²) in [4.78, 5) is 6.82. The van der Waals surface area contributed by atoms with Crippen LogP contribution in [-0.2, 0) is 4.74 Å². The molecule has 1 rings (SSSR count). The first-order valence-corrected chi connectivity index (χ1v) is 7.93. The molecule has 1 aliphatic rings. The molecule has 5 heteroatoms. The molecule has 20 heavy (non-hydrogen) atoms. The summed E-state index contributed by atoms with van der Waals surface area (Å²) in [6, 6.07) is 0.654. The molecule has 1 aliphatic heterocycles. The van der Waals surface area contributed by atoms with Gasteiger partial charge in [-0.25, -0.2) is 0 Å². The van der Waals surface area contributed by atoms with Gasteiger partial charge in [0.1, 0.15) is 0 Å². The van der Waals surface area contributed by atoms with Crippen molar-refractivity contribution in [3.63, 3.8) is 0 Å². The van der Waals surface area contributed by atoms with Crippen molar-refractivity contribution in [1.29, 1.82) is 0 Å². The number of aliphatic imine (C=N–C) groups is 1. The van der Waals surface area contributed by atoms with Crippen molar-refractivity contribution >= 4 is 5.96 Å². The van der Waals surface area contributed by atoms with Gasteiger partial charge in [0.15, 0.2) is 5.96 Å². The number of nitrogens with zero attached hydrogens (tertiary/aromatic N) is 2. The van der Waals surface area contributed by atoms with Crippen LogP contribution in [0.5, 0.6) is 0 Å². The number of rotatable bonds is 7. The van der Waals surface area contributed by atoms with E-state index >= 15 is 0 Å². The van der Waals surface area contributed by atoms with Crippen molar-refractivity contribution in [2.45, 2.75) is 39.7 Å². The molecule has 0 radical (unpaired) electrons. The fourth-order valence-corrected chi connectivity index (χ4v) is 2.58. The quantitative estimate of drug-likeness (QED) is 0.420. The first-order chi connectivity index (χ1) is 9.67. The average Bonchev–Trinajstić information content (AvgIpc) is 2.47. The summed E-state index contributed by atoms with van der Waals surface area (Å²) in [5, 5.41) is 6.71. The molecule has 1 unspecified atom stereocenters. The predicted molar refractivity (Wildman–Crippen MR) is 85.3 cm³/mol. The molecule has 1 fully saturated rings. The maximum atomic E-state index is 5.31. The molecule has 118 valence electrons. The van der Waals surface area contributed by atoms with Crippen LogP contribution in [0.2, 0.25) is 0 Å². The SMILES string of the molecule is CCOCCNC(=NC)NCC1CCCN(C(C)C)C1. The number of hydrogen-bond acceptors (Lipinski definition) is 3. The molecule has 0 spiro atoms. The fraction of sp³-hybridized carbons (Fsp3) is 0.933. The van der Waals surface area contributed by atoms with Crippen molar-refractivity contribution in [2.24, 2.45) is 10.9 Å². The van der Waals surface area contributed by atoms with Gasteiger partial charge in [0.2, 0.25) is 0 Å². The summed E-state index contributed by atoms with van der Waals surface area (Å²) in [5.74, 6) is 1.60. The highest BCUT2D eigenvalue weighted by Gasteiger charge is 2.21. The van der Waals surface area contributed by atoms with Crippen LogP contribution in [0.25, 0.3) is 0 Å². The van der Waals surface area contributed by atoms with E-state index in [2.05, 4.69) is 34.4 Å². The lowest BCUT2D eigenvalue weighted by molar-refractivity contribution is 0.140. The minimum absolute atomic E-state index is 0.654. The maximum absolute atomic E-state index is 5.31. The Bertz CT molecular complexity index is 281. The van der Waals surface area contributed by atoms with Gasteiger partial charge in [0.25, 0.3) is 0 Å². The van der Waals surface area contributed by atoms with Gasteiger partial charge < -0.3 is 20.3 Å². The molecule has 1 heterocycles. The first kappa shape index (κ1) is 17.2. The molecule has 0 saturated carbocycles. The average molecular weight is 284 g/mol. The Morgan fingerprint density at radius 1 is 1.40 bits per heavy atom. The fourth-order valence-electron chi connectivity index (χ4n) is 2.58. The second-order valence-electron chi connectivity index (χ2n) is 5.67. The Hall–Kier alpha value is -0.810. The topological polar surface area (TPSA) is 48.9 Å². The predicted octanol–water partition coefficient (Wildman–Crippen LogP) is 1.31. The smallest absolute Gasteiger partial charge is 0.191 e. The van der Waals surface area contributed by atoms with Gasteiger partial charge in [-0.05, 0) is 46.1 Å². The molecular formula is C15H32N4O. The zero-order valence-corrected chi connectivity index (χ0v) is 13.6. The zero-order chi connectivity index (χ0) is 14.8. The standard InChI is InChI=1S/C15H32N4O/c1-5-20-10-8-17-15(16-4)18-11-14-7-6-9-19(12-14)13(2)3/h13-14H,5-12H2,1-4H3,(H2,16,17,18). The van der Waals surface area contributed by atoms with Gasteiger partial charge in [0, 0.05) is 39.3 Å². The van der Waals surface area contributed by atoms with Crippen molar-refractivity contribution in [3.05, 3.63) is 0 Å². The lowest BCUT2D eigenvalue weighted by atomic mass is 9.97. The Balaban J connectivity index is 2.22. The third-order valence-electron chi connectivity index (χ3n) is 3.81. The van der Waals surface area contributed by atoms with Crippen molar-refractivity contribution in [2.75, 3.05) is 46.4 Å². The Labute approximate surface area is 124 Å². The van der Waals surface area contributed by atoms with Crippen LogP contribution < -0.4 is 10.6 Å². The number of guanidine groups is 1. The van der Waals surface area contributed by atoms with E-state index in [1.807, 2.05) is 14.0 Å². The number of hydrogen-bond donors (Lipinski definition) is 2. The second kappa shape index (κ2) is 10.00. The van der Waals surface area contributed by atoms with Gasteiger partial charge >= 0.3 is 0 Å². The highest BCUT2D eigenvalue weighted by molar-refractivity contribution is 5.79. The Morgan fingerprint density at radius 3 is 2.85 bits per heavy atom. The van der Waals surface area contributed by atoms with E-state index in [-0.39, 0.29) is 0 Å². The van der Waals surface area contributed by atoms with E-state index < -0.39 is 0 Å². The molecule has 0 bridgehead atoms. The molecule has 1 saturated heterocycles. The molecule has 5 nitrogen and oxygen atoms in total. The van der Waals surface area contributed by atoms with Crippen molar-refractivity contribution in [1.82, 2.24) is 15.5 Å². The lowest BCUT2D eigenvalue weighted by Gasteiger charge is -2.35. The summed E-state index contributed by atoms with van der Waals surface area (Å²) in [5.41, 5.74) is 0. The summed E-state index contributed by atoms with van der Waals surface area (Å²) in [6.45, 7) is 12.3. The minimum atomic E-state index is 0.654. The van der Waals surface area contributed by atoms with Crippen LogP contribution in [0.1, 0.15) is 33.6 Å². The number of piperidine rings is 1. The van der Waals surface area contributed by atoms with Crippen molar-refractivity contribution < 1.29 is 4.74 Å². The third kappa shape index (κ3) is 6.57. The van der Waals surface area contributed by atoms with E-state index in [9.17, 15) is 0 Å². The zero-order valence-electron chi connectivity index (χ0n) is 13.6. The van der Waals surface area contributed by atoms with Gasteiger partial charge in [-0.15, -0.1) is 0 Å². The monoisotopic (exact) mass is 284 g/mol. The summed E-state index contributed by atoms with van der Waals surface area (Å²) >= 11 is 0. The number of ether oxygens (including phenoxy) is 1. The summed E-state index contributed by atoms with van der Waals surface area (Å²) in [7, 11) is 1.82. The third-order valence-corrected chi connectivity index (χ3v) is 3.81. The minimum Gasteiger partial charge on any atom is -0.380 e. The largest absolute Gasteiger partial charge is 0.380 e. The second-order valence-corrected chi connectivity index (χ2v) is 5.67. The molecule has 0 aromatic rings. The van der Waals surface area contributed by atoms with Crippen LogP contribution >= 0.6 is 0 Å². The highest BCUT2D eigenvalue weighted by Crippen LogP contribution is 2.17. The first-order valence-electron chi connectivity index (χ1n) is 7.93. The highest BCUT2D eigenvalue weighted by atomic mass is 16.5. The molecule has 0 aromatic carbocycles. The number of nitrogens with one attached hydrogen (secondary N) is 2. The van der Waals surface area contributed by atoms with Crippen LogP contribution in [0, 0.1) is 5.92 Å². The van der Waals surface area contributed by atoms with Crippen LogP contribution in [0.4, 0.5) is 0 Å². The lowest BCUT2D eigenvalue weighted by Crippen LogP contribution is -2.46. The molecule has 2 N–H and O–H groups in total. The van der Waals surface area contributed by atoms with Gasteiger partial charge in [0.05, 0.1) is 6.61 Å². The van der Waals surface area contributed by atoms with E-state index in [1.165, 1.54) is 25.9 Å². The Morgan fingerprint density at radius 2 is 2.20 bits per heavy atom. The van der Waals surface area contributed by atoms with Crippen molar-refractivity contribution in [3.8, 4) is 0 Å². The number of likely N-dealkylation sites (tertiary alicyclic amines) is 1. The Kier molecular flexibility index (Phi) is 8.62. The van der Waals surface area contributed by atoms with Crippen LogP contribution in [0.3, 0.4) is 0 Å².